The van der Waals surface area contributed by atoms with E-state index in [1.54, 1.807) is 11.3 Å². The molecule has 1 aromatic heterocycles. The van der Waals surface area contributed by atoms with E-state index in [0.29, 0.717) is 12.0 Å². The lowest BCUT2D eigenvalue weighted by molar-refractivity contribution is -0.123. The van der Waals surface area contributed by atoms with Crippen LogP contribution in [0.1, 0.15) is 24.3 Å². The number of hydrogen-bond donors (Lipinski definition) is 2. The number of para-hydroxylation sites is 1. The van der Waals surface area contributed by atoms with E-state index in [0.717, 1.165) is 42.9 Å². The van der Waals surface area contributed by atoms with E-state index in [-0.39, 0.29) is 11.8 Å². The number of benzene rings is 1. The number of fused-ring (bicyclic) bond motifs is 1. The van der Waals surface area contributed by atoms with Crippen LogP contribution in [-0.2, 0) is 11.3 Å². The Bertz CT molecular complexity index is 642. The monoisotopic (exact) mass is 301 g/mol. The summed E-state index contributed by atoms with van der Waals surface area (Å²) in [6.45, 7) is 2.67. The van der Waals surface area contributed by atoms with Crippen LogP contribution in [0.15, 0.2) is 24.3 Å². The minimum Gasteiger partial charge on any atom is -0.349 e. The number of carbonyl (C=O) groups is 1. The van der Waals surface area contributed by atoms with Gasteiger partial charge in [-0.05, 0) is 49.9 Å². The van der Waals surface area contributed by atoms with Gasteiger partial charge in [0.2, 0.25) is 5.91 Å². The molecule has 1 aliphatic heterocycles. The van der Waals surface area contributed by atoms with Crippen molar-refractivity contribution in [3.05, 3.63) is 29.3 Å². The van der Waals surface area contributed by atoms with Crippen molar-refractivity contribution in [1.29, 1.82) is 0 Å². The van der Waals surface area contributed by atoms with Gasteiger partial charge >= 0.3 is 0 Å². The number of thiazole rings is 1. The highest BCUT2D eigenvalue weighted by Crippen LogP contribution is 2.58. The van der Waals surface area contributed by atoms with Crippen molar-refractivity contribution in [2.75, 3.05) is 13.1 Å². The second kappa shape index (κ2) is 5.07. The predicted molar refractivity (Wildman–Crippen MR) is 84.1 cm³/mol. The molecule has 1 amide bonds. The summed E-state index contributed by atoms with van der Waals surface area (Å²) in [4.78, 5) is 16.9. The summed E-state index contributed by atoms with van der Waals surface area (Å²) < 4.78 is 1.18. The zero-order valence-corrected chi connectivity index (χ0v) is 12.7. The summed E-state index contributed by atoms with van der Waals surface area (Å²) in [5.41, 5.74) is 1.33. The Balaban J connectivity index is 1.37. The molecule has 0 bridgehead atoms. The number of hydrogen-bond acceptors (Lipinski definition) is 4. The average molecular weight is 301 g/mol. The van der Waals surface area contributed by atoms with Gasteiger partial charge in [0, 0.05) is 5.92 Å². The lowest BCUT2D eigenvalue weighted by Crippen LogP contribution is -2.33. The maximum absolute atomic E-state index is 12.3. The van der Waals surface area contributed by atoms with Crippen LogP contribution in [0.2, 0.25) is 0 Å². The van der Waals surface area contributed by atoms with Gasteiger partial charge in [-0.25, -0.2) is 4.98 Å². The van der Waals surface area contributed by atoms with Crippen molar-refractivity contribution < 1.29 is 4.79 Å². The van der Waals surface area contributed by atoms with Crippen molar-refractivity contribution in [2.24, 2.45) is 11.3 Å². The third kappa shape index (κ3) is 2.45. The van der Waals surface area contributed by atoms with Crippen molar-refractivity contribution in [1.82, 2.24) is 15.6 Å². The van der Waals surface area contributed by atoms with E-state index in [4.69, 9.17) is 0 Å². The highest BCUT2D eigenvalue weighted by molar-refractivity contribution is 7.18. The van der Waals surface area contributed by atoms with E-state index in [1.807, 2.05) is 18.2 Å². The fourth-order valence-electron chi connectivity index (χ4n) is 3.48. The molecule has 1 saturated carbocycles. The standard InChI is InChI=1S/C16H19N3OS/c20-15(11-9-16(11)5-7-17-8-6-16)18-10-14-19-12-3-1-2-4-13(12)21-14/h1-4,11,17H,5-10H2,(H,18,20). The van der Waals surface area contributed by atoms with Crippen molar-refractivity contribution in [3.8, 4) is 0 Å². The van der Waals surface area contributed by atoms with Gasteiger partial charge in [-0.3, -0.25) is 4.79 Å². The minimum absolute atomic E-state index is 0.219. The van der Waals surface area contributed by atoms with E-state index in [1.165, 1.54) is 4.70 Å². The number of aromatic nitrogens is 1. The summed E-state index contributed by atoms with van der Waals surface area (Å²) in [5, 5.41) is 7.44. The third-order valence-corrected chi connectivity index (χ3v) is 5.89. The normalized spacial score (nSPS) is 23.3. The molecule has 4 nitrogen and oxygen atoms in total. The fraction of sp³-hybridized carbons (Fsp3) is 0.500. The summed E-state index contributed by atoms with van der Waals surface area (Å²) in [7, 11) is 0. The first-order chi connectivity index (χ1) is 10.3. The molecule has 1 aliphatic carbocycles. The number of rotatable bonds is 3. The zero-order chi connectivity index (χ0) is 14.3. The largest absolute Gasteiger partial charge is 0.349 e. The highest BCUT2D eigenvalue weighted by Gasteiger charge is 2.57. The summed E-state index contributed by atoms with van der Waals surface area (Å²) in [6, 6.07) is 8.11. The second-order valence-electron chi connectivity index (χ2n) is 6.16. The quantitative estimate of drug-likeness (QED) is 0.914. The SMILES string of the molecule is O=C(NCc1nc2ccccc2s1)C1CC12CCNCC2. The Morgan fingerprint density at radius 3 is 3.00 bits per heavy atom. The first-order valence-corrected chi connectivity index (χ1v) is 8.41. The maximum atomic E-state index is 12.3. The molecule has 1 atom stereocenters. The topological polar surface area (TPSA) is 54.0 Å². The molecule has 1 spiro atoms. The number of amides is 1. The lowest BCUT2D eigenvalue weighted by Gasteiger charge is -2.23. The molecule has 110 valence electrons. The number of nitrogens with one attached hydrogen (secondary N) is 2. The van der Waals surface area contributed by atoms with Crippen LogP contribution in [0, 0.1) is 11.3 Å². The summed E-state index contributed by atoms with van der Waals surface area (Å²) in [5.74, 6) is 0.449. The molecule has 1 aromatic carbocycles. The molecular formula is C16H19N3OS. The van der Waals surface area contributed by atoms with Gasteiger partial charge in [-0.2, -0.15) is 0 Å². The van der Waals surface area contributed by atoms with Gasteiger partial charge in [0.1, 0.15) is 5.01 Å². The highest BCUT2D eigenvalue weighted by atomic mass is 32.1. The molecule has 0 radical (unpaired) electrons. The minimum atomic E-state index is 0.219. The zero-order valence-electron chi connectivity index (χ0n) is 11.9. The Labute approximate surface area is 128 Å². The van der Waals surface area contributed by atoms with E-state index < -0.39 is 0 Å². The molecule has 1 saturated heterocycles. The number of nitrogens with zero attached hydrogens (tertiary/aromatic N) is 1. The van der Waals surface area contributed by atoms with Gasteiger partial charge in [-0.1, -0.05) is 12.1 Å². The molecule has 2 heterocycles. The van der Waals surface area contributed by atoms with Crippen LogP contribution in [0.25, 0.3) is 10.2 Å². The maximum Gasteiger partial charge on any atom is 0.224 e. The number of piperidine rings is 1. The summed E-state index contributed by atoms with van der Waals surface area (Å²) in [6.07, 6.45) is 3.36. The molecule has 1 unspecified atom stereocenters. The fourth-order valence-corrected chi connectivity index (χ4v) is 4.38. The molecule has 21 heavy (non-hydrogen) atoms. The van der Waals surface area contributed by atoms with Crippen molar-refractivity contribution in [3.63, 3.8) is 0 Å². The van der Waals surface area contributed by atoms with Crippen LogP contribution in [-0.4, -0.2) is 24.0 Å². The van der Waals surface area contributed by atoms with Gasteiger partial charge in [0.25, 0.3) is 0 Å². The van der Waals surface area contributed by atoms with Gasteiger partial charge in [0.05, 0.1) is 16.8 Å². The van der Waals surface area contributed by atoms with E-state index in [2.05, 4.69) is 21.7 Å². The summed E-state index contributed by atoms with van der Waals surface area (Å²) >= 11 is 1.66. The molecule has 2 N–H and O–H groups in total. The van der Waals surface area contributed by atoms with Crippen molar-refractivity contribution in [2.45, 2.75) is 25.8 Å². The van der Waals surface area contributed by atoms with Gasteiger partial charge in [-0.15, -0.1) is 11.3 Å². The molecular weight excluding hydrogens is 282 g/mol. The van der Waals surface area contributed by atoms with Crippen molar-refractivity contribution >= 4 is 27.5 Å². The van der Waals surface area contributed by atoms with Gasteiger partial charge in [0.15, 0.2) is 0 Å². The first-order valence-electron chi connectivity index (χ1n) is 7.60. The molecule has 2 aliphatic rings. The molecule has 2 fully saturated rings. The Kier molecular flexibility index (Phi) is 3.19. The molecule has 5 heteroatoms. The number of carbonyl (C=O) groups excluding carboxylic acids is 1. The van der Waals surface area contributed by atoms with Crippen LogP contribution in [0.5, 0.6) is 0 Å². The first kappa shape index (κ1) is 13.2. The Hall–Kier alpha value is -1.46. The van der Waals surface area contributed by atoms with E-state index >= 15 is 0 Å². The smallest absolute Gasteiger partial charge is 0.224 e. The second-order valence-corrected chi connectivity index (χ2v) is 7.28. The Morgan fingerprint density at radius 2 is 2.19 bits per heavy atom. The lowest BCUT2D eigenvalue weighted by atomic mass is 9.92. The van der Waals surface area contributed by atoms with Gasteiger partial charge < -0.3 is 10.6 Å². The van der Waals surface area contributed by atoms with Crippen LogP contribution in [0.4, 0.5) is 0 Å². The molecule has 4 rings (SSSR count). The van der Waals surface area contributed by atoms with Crippen LogP contribution < -0.4 is 10.6 Å². The third-order valence-electron chi connectivity index (χ3n) is 4.86. The Morgan fingerprint density at radius 1 is 1.38 bits per heavy atom. The van der Waals surface area contributed by atoms with Crippen LogP contribution in [0.3, 0.4) is 0 Å². The molecule has 2 aromatic rings. The van der Waals surface area contributed by atoms with Crippen LogP contribution >= 0.6 is 11.3 Å². The predicted octanol–water partition coefficient (Wildman–Crippen LogP) is 2.30. The van der Waals surface area contributed by atoms with E-state index in [9.17, 15) is 4.79 Å². The average Bonchev–Trinajstić information content (AvgIpc) is 3.04.